The van der Waals surface area contributed by atoms with E-state index in [2.05, 4.69) is 10.2 Å². The van der Waals surface area contributed by atoms with Crippen molar-refractivity contribution in [2.75, 3.05) is 6.61 Å². The SMILES string of the molecule is CCCc1nnc(C)n1C(COC(C)(C)C)C(=O)O. The lowest BCUT2D eigenvalue weighted by atomic mass is 10.2. The highest BCUT2D eigenvalue weighted by Gasteiger charge is 2.27. The molecular formula is C13H23N3O3. The fraction of sp³-hybridized carbons (Fsp3) is 0.769. The third-order valence-corrected chi connectivity index (χ3v) is 2.68. The predicted octanol–water partition coefficient (Wildman–Crippen LogP) is 1.98. The number of nitrogens with zero attached hydrogens (tertiary/aromatic N) is 3. The van der Waals surface area contributed by atoms with Crippen LogP contribution >= 0.6 is 0 Å². The summed E-state index contributed by atoms with van der Waals surface area (Å²) >= 11 is 0. The molecule has 0 aliphatic heterocycles. The van der Waals surface area contributed by atoms with Crippen molar-refractivity contribution in [1.29, 1.82) is 0 Å². The molecule has 0 saturated heterocycles. The predicted molar refractivity (Wildman–Crippen MR) is 71.1 cm³/mol. The van der Waals surface area contributed by atoms with Crippen molar-refractivity contribution in [1.82, 2.24) is 14.8 Å². The molecule has 0 bridgehead atoms. The second-order valence-electron chi connectivity index (χ2n) is 5.56. The van der Waals surface area contributed by atoms with Crippen molar-refractivity contribution >= 4 is 5.97 Å². The number of hydrogen-bond donors (Lipinski definition) is 1. The third-order valence-electron chi connectivity index (χ3n) is 2.68. The van der Waals surface area contributed by atoms with E-state index in [9.17, 15) is 9.90 Å². The number of rotatable bonds is 6. The van der Waals surface area contributed by atoms with Gasteiger partial charge in [0.25, 0.3) is 0 Å². The van der Waals surface area contributed by atoms with Crippen LogP contribution in [-0.2, 0) is 16.0 Å². The van der Waals surface area contributed by atoms with E-state index in [0.29, 0.717) is 18.1 Å². The van der Waals surface area contributed by atoms with Crippen LogP contribution in [0.15, 0.2) is 0 Å². The van der Waals surface area contributed by atoms with E-state index in [1.165, 1.54) is 0 Å². The third kappa shape index (κ3) is 4.31. The van der Waals surface area contributed by atoms with Crippen LogP contribution in [0.25, 0.3) is 0 Å². The van der Waals surface area contributed by atoms with Crippen LogP contribution in [0.5, 0.6) is 0 Å². The maximum Gasteiger partial charge on any atom is 0.329 e. The molecule has 1 aromatic heterocycles. The second kappa shape index (κ2) is 6.14. The number of carbonyl (C=O) groups is 1. The number of aliphatic carboxylic acids is 1. The van der Waals surface area contributed by atoms with Crippen LogP contribution in [0.3, 0.4) is 0 Å². The molecule has 1 atom stereocenters. The maximum atomic E-state index is 11.5. The number of ether oxygens (including phenoxy) is 1. The molecule has 0 spiro atoms. The van der Waals surface area contributed by atoms with Crippen molar-refractivity contribution in [3.63, 3.8) is 0 Å². The molecular weight excluding hydrogens is 246 g/mol. The zero-order valence-corrected chi connectivity index (χ0v) is 12.3. The van der Waals surface area contributed by atoms with Crippen LogP contribution in [0.1, 0.15) is 51.8 Å². The first-order chi connectivity index (χ1) is 8.76. The molecule has 1 unspecified atom stereocenters. The van der Waals surface area contributed by atoms with Crippen LogP contribution < -0.4 is 0 Å². The van der Waals surface area contributed by atoms with Gasteiger partial charge in [-0.3, -0.25) is 4.57 Å². The fourth-order valence-corrected chi connectivity index (χ4v) is 1.80. The summed E-state index contributed by atoms with van der Waals surface area (Å²) in [5, 5.41) is 17.4. The average molecular weight is 269 g/mol. The molecule has 1 N–H and O–H groups in total. The minimum atomic E-state index is -0.926. The minimum Gasteiger partial charge on any atom is -0.480 e. The molecule has 0 aromatic carbocycles. The number of carboxylic acids is 1. The lowest BCUT2D eigenvalue weighted by Gasteiger charge is -2.24. The van der Waals surface area contributed by atoms with Gasteiger partial charge in [0.05, 0.1) is 12.2 Å². The van der Waals surface area contributed by atoms with E-state index >= 15 is 0 Å². The first kappa shape index (κ1) is 15.6. The molecule has 1 aromatic rings. The van der Waals surface area contributed by atoms with Crippen LogP contribution in [0.4, 0.5) is 0 Å². The van der Waals surface area contributed by atoms with E-state index < -0.39 is 12.0 Å². The summed E-state index contributed by atoms with van der Waals surface area (Å²) in [6.45, 7) is 9.59. The highest BCUT2D eigenvalue weighted by molar-refractivity contribution is 5.72. The molecule has 0 aliphatic rings. The normalized spacial score (nSPS) is 13.5. The monoisotopic (exact) mass is 269 g/mol. The van der Waals surface area contributed by atoms with Gasteiger partial charge < -0.3 is 9.84 Å². The largest absolute Gasteiger partial charge is 0.480 e. The van der Waals surface area contributed by atoms with E-state index in [1.807, 2.05) is 27.7 Å². The Kier molecular flexibility index (Phi) is 5.05. The highest BCUT2D eigenvalue weighted by Crippen LogP contribution is 2.18. The van der Waals surface area contributed by atoms with Gasteiger partial charge in [-0.2, -0.15) is 0 Å². The first-order valence-corrected chi connectivity index (χ1v) is 6.53. The van der Waals surface area contributed by atoms with Crippen molar-refractivity contribution < 1.29 is 14.6 Å². The quantitative estimate of drug-likeness (QED) is 0.854. The number of aryl methyl sites for hydroxylation is 2. The second-order valence-corrected chi connectivity index (χ2v) is 5.56. The summed E-state index contributed by atoms with van der Waals surface area (Å²) in [7, 11) is 0. The molecule has 0 fully saturated rings. The van der Waals surface area contributed by atoms with E-state index in [1.54, 1.807) is 11.5 Å². The van der Waals surface area contributed by atoms with Crippen molar-refractivity contribution in [2.45, 2.75) is 59.1 Å². The lowest BCUT2D eigenvalue weighted by Crippen LogP contribution is -2.31. The zero-order valence-electron chi connectivity index (χ0n) is 12.3. The summed E-state index contributed by atoms with van der Waals surface area (Å²) in [5.41, 5.74) is -0.374. The smallest absolute Gasteiger partial charge is 0.329 e. The minimum absolute atomic E-state index is 0.106. The standard InChI is InChI=1S/C13H23N3O3/c1-6-7-11-15-14-9(2)16(11)10(12(17)18)8-19-13(3,4)5/h10H,6-8H2,1-5H3,(H,17,18). The van der Waals surface area contributed by atoms with Gasteiger partial charge >= 0.3 is 5.97 Å². The van der Waals surface area contributed by atoms with Gasteiger partial charge in [-0.15, -0.1) is 10.2 Å². The Morgan fingerprint density at radius 2 is 2.05 bits per heavy atom. The van der Waals surface area contributed by atoms with Crippen molar-refractivity contribution in [3.05, 3.63) is 11.6 Å². The van der Waals surface area contributed by atoms with E-state index in [0.717, 1.165) is 6.42 Å². The summed E-state index contributed by atoms with van der Waals surface area (Å²) in [5.74, 6) is 0.378. The molecule has 0 saturated carbocycles. The molecule has 0 amide bonds. The summed E-state index contributed by atoms with van der Waals surface area (Å²) in [6, 6.07) is -0.782. The molecule has 1 heterocycles. The summed E-state index contributed by atoms with van der Waals surface area (Å²) in [6.07, 6.45) is 1.60. The van der Waals surface area contributed by atoms with Crippen LogP contribution in [0, 0.1) is 6.92 Å². The molecule has 19 heavy (non-hydrogen) atoms. The Balaban J connectivity index is 2.99. The molecule has 0 radical (unpaired) electrons. The molecule has 1 rings (SSSR count). The number of carboxylic acid groups (broad SMARTS) is 1. The summed E-state index contributed by atoms with van der Waals surface area (Å²) in [4.78, 5) is 11.5. The van der Waals surface area contributed by atoms with Gasteiger partial charge in [0, 0.05) is 6.42 Å². The van der Waals surface area contributed by atoms with Gasteiger partial charge in [0.15, 0.2) is 6.04 Å². The summed E-state index contributed by atoms with van der Waals surface area (Å²) < 4.78 is 7.27. The van der Waals surface area contributed by atoms with Gasteiger partial charge in [-0.1, -0.05) is 6.92 Å². The van der Waals surface area contributed by atoms with Gasteiger partial charge in [-0.25, -0.2) is 4.79 Å². The molecule has 0 aliphatic carbocycles. The Labute approximate surface area is 113 Å². The van der Waals surface area contributed by atoms with Crippen LogP contribution in [0.2, 0.25) is 0 Å². The topological polar surface area (TPSA) is 77.2 Å². The fourth-order valence-electron chi connectivity index (χ4n) is 1.80. The Morgan fingerprint density at radius 1 is 1.42 bits per heavy atom. The van der Waals surface area contributed by atoms with Gasteiger partial charge in [0.2, 0.25) is 0 Å². The number of aromatic nitrogens is 3. The van der Waals surface area contributed by atoms with Crippen LogP contribution in [-0.4, -0.2) is 38.0 Å². The zero-order chi connectivity index (χ0) is 14.6. The number of hydrogen-bond acceptors (Lipinski definition) is 4. The molecule has 108 valence electrons. The molecule has 6 nitrogen and oxygen atoms in total. The van der Waals surface area contributed by atoms with Crippen molar-refractivity contribution in [2.24, 2.45) is 0 Å². The Hall–Kier alpha value is -1.43. The van der Waals surface area contributed by atoms with E-state index in [4.69, 9.17) is 4.74 Å². The Morgan fingerprint density at radius 3 is 2.53 bits per heavy atom. The average Bonchev–Trinajstić information content (AvgIpc) is 2.60. The van der Waals surface area contributed by atoms with Gasteiger partial charge in [-0.05, 0) is 34.1 Å². The highest BCUT2D eigenvalue weighted by atomic mass is 16.5. The maximum absolute atomic E-state index is 11.5. The van der Waals surface area contributed by atoms with E-state index in [-0.39, 0.29) is 12.2 Å². The first-order valence-electron chi connectivity index (χ1n) is 6.53. The van der Waals surface area contributed by atoms with Gasteiger partial charge in [0.1, 0.15) is 11.6 Å². The lowest BCUT2D eigenvalue weighted by molar-refractivity contribution is -0.145. The molecule has 6 heteroatoms. The van der Waals surface area contributed by atoms with Crippen molar-refractivity contribution in [3.8, 4) is 0 Å². The Bertz CT molecular complexity index is 435.